The number of amides is 2. The van der Waals surface area contributed by atoms with E-state index in [9.17, 15) is 24.6 Å². The van der Waals surface area contributed by atoms with E-state index in [0.717, 1.165) is 18.7 Å². The van der Waals surface area contributed by atoms with Gasteiger partial charge in [-0.1, -0.05) is 11.8 Å². The normalized spacial score (nSPS) is 29.5. The maximum absolute atomic E-state index is 12.3. The molecule has 11 heteroatoms. The van der Waals surface area contributed by atoms with Gasteiger partial charge in [-0.05, 0) is 13.3 Å². The van der Waals surface area contributed by atoms with E-state index in [1.165, 1.54) is 28.4 Å². The summed E-state index contributed by atoms with van der Waals surface area (Å²) in [6.07, 6.45) is 2.04. The van der Waals surface area contributed by atoms with Crippen molar-refractivity contribution in [2.24, 2.45) is 5.92 Å². The lowest BCUT2D eigenvalue weighted by Gasteiger charge is -2.43. The van der Waals surface area contributed by atoms with Gasteiger partial charge in [-0.2, -0.15) is 0 Å². The summed E-state index contributed by atoms with van der Waals surface area (Å²) in [4.78, 5) is 41.2. The molecule has 2 fully saturated rings. The van der Waals surface area contributed by atoms with Gasteiger partial charge in [-0.25, -0.2) is 4.79 Å². The van der Waals surface area contributed by atoms with Crippen LogP contribution in [0.2, 0.25) is 0 Å². The molecule has 28 heavy (non-hydrogen) atoms. The lowest BCUT2D eigenvalue weighted by molar-refractivity contribution is -0.156. The van der Waals surface area contributed by atoms with Crippen molar-refractivity contribution in [1.29, 1.82) is 0 Å². The number of hydrogen-bond donors (Lipinski definition) is 3. The van der Waals surface area contributed by atoms with E-state index in [-0.39, 0.29) is 34.7 Å². The molecule has 0 aromatic rings. The SMILES string of the molecule is CNC(=O)CN1C=C2C(SC3=C(C(=O)O)N4C(=O)[C@H]([C@@H](C)O)[C@H]4S3)CCN2C1. The Kier molecular flexibility index (Phi) is 5.00. The average Bonchev–Trinajstić information content (AvgIpc) is 3.27. The van der Waals surface area contributed by atoms with Crippen molar-refractivity contribution in [2.45, 2.75) is 30.1 Å². The van der Waals surface area contributed by atoms with Gasteiger partial charge in [0.2, 0.25) is 11.8 Å². The number of aliphatic carboxylic acids is 1. The summed E-state index contributed by atoms with van der Waals surface area (Å²) < 4.78 is 0.617. The smallest absolute Gasteiger partial charge is 0.354 e. The van der Waals surface area contributed by atoms with Gasteiger partial charge >= 0.3 is 5.97 Å². The first-order chi connectivity index (χ1) is 13.3. The molecule has 1 unspecified atom stereocenters. The first-order valence-electron chi connectivity index (χ1n) is 9.05. The van der Waals surface area contributed by atoms with E-state index in [4.69, 9.17) is 0 Å². The second-order valence-electron chi connectivity index (χ2n) is 7.20. The van der Waals surface area contributed by atoms with Crippen LogP contribution in [0.1, 0.15) is 13.3 Å². The second-order valence-corrected chi connectivity index (χ2v) is 9.80. The Balaban J connectivity index is 1.51. The van der Waals surface area contributed by atoms with Crippen molar-refractivity contribution in [3.8, 4) is 0 Å². The maximum Gasteiger partial charge on any atom is 0.354 e. The zero-order valence-electron chi connectivity index (χ0n) is 15.5. The van der Waals surface area contributed by atoms with Crippen LogP contribution in [0.25, 0.3) is 0 Å². The van der Waals surface area contributed by atoms with Gasteiger partial charge in [0.25, 0.3) is 0 Å². The van der Waals surface area contributed by atoms with Crippen molar-refractivity contribution in [3.05, 3.63) is 21.8 Å². The van der Waals surface area contributed by atoms with Gasteiger partial charge < -0.3 is 25.3 Å². The molecular formula is C17H22N4O5S2. The van der Waals surface area contributed by atoms with Gasteiger partial charge in [0.15, 0.2) is 5.70 Å². The van der Waals surface area contributed by atoms with Gasteiger partial charge in [0.05, 0.1) is 34.7 Å². The highest BCUT2D eigenvalue weighted by atomic mass is 32.2. The molecule has 2 saturated heterocycles. The number of aliphatic hydroxyl groups is 1. The zero-order valence-corrected chi connectivity index (χ0v) is 17.1. The fourth-order valence-electron chi connectivity index (χ4n) is 3.96. The highest BCUT2D eigenvalue weighted by molar-refractivity contribution is 8.23. The van der Waals surface area contributed by atoms with Crippen molar-refractivity contribution < 1.29 is 24.6 Å². The Labute approximate surface area is 170 Å². The number of carboxylic acids is 1. The van der Waals surface area contributed by atoms with Crippen molar-refractivity contribution in [2.75, 3.05) is 26.8 Å². The van der Waals surface area contributed by atoms with Crippen LogP contribution in [0.4, 0.5) is 0 Å². The summed E-state index contributed by atoms with van der Waals surface area (Å²) in [5.41, 5.74) is 1.11. The second kappa shape index (κ2) is 7.20. The highest BCUT2D eigenvalue weighted by Crippen LogP contribution is 2.56. The minimum atomic E-state index is -1.12. The molecule has 4 aliphatic rings. The number of nitrogens with zero attached hydrogens (tertiary/aromatic N) is 3. The number of aliphatic hydroxyl groups excluding tert-OH is 1. The average molecular weight is 427 g/mol. The third kappa shape index (κ3) is 3.05. The van der Waals surface area contributed by atoms with Crippen LogP contribution in [0.15, 0.2) is 21.8 Å². The van der Waals surface area contributed by atoms with Gasteiger partial charge in [-0.3, -0.25) is 14.5 Å². The van der Waals surface area contributed by atoms with Crippen LogP contribution in [0.3, 0.4) is 0 Å². The third-order valence-electron chi connectivity index (χ3n) is 5.37. The first-order valence-corrected chi connectivity index (χ1v) is 10.8. The third-order valence-corrected chi connectivity index (χ3v) is 8.27. The molecule has 4 atom stereocenters. The summed E-state index contributed by atoms with van der Waals surface area (Å²) in [5, 5.41) is 21.8. The molecular weight excluding hydrogens is 404 g/mol. The van der Waals surface area contributed by atoms with Crippen LogP contribution < -0.4 is 5.32 Å². The largest absolute Gasteiger partial charge is 0.477 e. The molecule has 0 saturated carbocycles. The van der Waals surface area contributed by atoms with E-state index in [0.29, 0.717) is 10.9 Å². The first kappa shape index (κ1) is 19.5. The zero-order chi connectivity index (χ0) is 20.2. The van der Waals surface area contributed by atoms with E-state index < -0.39 is 18.0 Å². The molecule has 0 aliphatic carbocycles. The molecule has 0 radical (unpaired) electrons. The Morgan fingerprint density at radius 2 is 2.21 bits per heavy atom. The summed E-state index contributed by atoms with van der Waals surface area (Å²) in [5.74, 6) is -2.07. The summed E-state index contributed by atoms with van der Waals surface area (Å²) in [6.45, 7) is 3.34. The molecule has 4 heterocycles. The topological polar surface area (TPSA) is 113 Å². The fraction of sp³-hybridized carbons (Fsp3) is 0.588. The van der Waals surface area contributed by atoms with Crippen molar-refractivity contribution >= 4 is 41.3 Å². The number of thioether (sulfide) groups is 2. The molecule has 9 nitrogen and oxygen atoms in total. The van der Waals surface area contributed by atoms with Crippen LogP contribution in [-0.2, 0) is 14.4 Å². The van der Waals surface area contributed by atoms with Crippen LogP contribution in [-0.4, -0.2) is 86.2 Å². The van der Waals surface area contributed by atoms with Crippen LogP contribution in [0.5, 0.6) is 0 Å². The number of carbonyl (C=O) groups excluding carboxylic acids is 2. The Bertz CT molecular complexity index is 798. The quantitative estimate of drug-likeness (QED) is 0.498. The summed E-state index contributed by atoms with van der Waals surface area (Å²) >= 11 is 2.82. The number of β-lactam (4-membered cyclic amide) rings is 1. The molecule has 0 aromatic heterocycles. The number of carboxylic acid groups (broad SMARTS) is 1. The highest BCUT2D eigenvalue weighted by Gasteiger charge is 2.58. The molecule has 0 aromatic carbocycles. The molecule has 4 rings (SSSR count). The number of hydrogen-bond acceptors (Lipinski definition) is 8. The lowest BCUT2D eigenvalue weighted by atomic mass is 9.92. The van der Waals surface area contributed by atoms with Gasteiger partial charge in [0, 0.05) is 25.5 Å². The van der Waals surface area contributed by atoms with E-state index in [1.807, 2.05) is 11.1 Å². The van der Waals surface area contributed by atoms with E-state index >= 15 is 0 Å². The van der Waals surface area contributed by atoms with Gasteiger partial charge in [-0.15, -0.1) is 11.8 Å². The standard InChI is InChI=1S/C17H22N4O5S2/c1-8(22)12-14(24)21-13(16(25)26)17(28-15(12)21)27-10-3-4-20-7-19(5-9(10)20)6-11(23)18-2/h5,8,10,12,15,22H,3-4,6-7H2,1-2H3,(H,18,23)(H,25,26)/t8-,10?,12+,15-/m1/s1. The lowest BCUT2D eigenvalue weighted by Crippen LogP contribution is -2.60. The summed E-state index contributed by atoms with van der Waals surface area (Å²) in [7, 11) is 1.61. The Morgan fingerprint density at radius 1 is 1.46 bits per heavy atom. The van der Waals surface area contributed by atoms with Crippen molar-refractivity contribution in [3.63, 3.8) is 0 Å². The number of nitrogens with one attached hydrogen (secondary N) is 1. The summed E-state index contributed by atoms with van der Waals surface area (Å²) in [6, 6.07) is 0. The molecule has 4 aliphatic heterocycles. The Hall–Kier alpha value is -1.85. The number of likely N-dealkylation sites (N-methyl/N-ethyl adjacent to an activating group) is 1. The van der Waals surface area contributed by atoms with E-state index in [2.05, 4.69) is 10.2 Å². The maximum atomic E-state index is 12.3. The predicted molar refractivity (Wildman–Crippen MR) is 104 cm³/mol. The van der Waals surface area contributed by atoms with E-state index in [1.54, 1.807) is 14.0 Å². The number of carbonyl (C=O) groups is 3. The predicted octanol–water partition coefficient (Wildman–Crippen LogP) is -0.180. The molecule has 0 spiro atoms. The van der Waals surface area contributed by atoms with Crippen LogP contribution in [0, 0.1) is 5.92 Å². The minimum absolute atomic E-state index is 0.0289. The number of fused-ring (bicyclic) bond motifs is 2. The number of rotatable bonds is 6. The van der Waals surface area contributed by atoms with Gasteiger partial charge in [0.1, 0.15) is 5.37 Å². The fourth-order valence-corrected chi connectivity index (χ4v) is 7.26. The molecule has 2 amide bonds. The van der Waals surface area contributed by atoms with Crippen LogP contribution >= 0.6 is 23.5 Å². The minimum Gasteiger partial charge on any atom is -0.477 e. The molecule has 152 valence electrons. The monoisotopic (exact) mass is 426 g/mol. The van der Waals surface area contributed by atoms with Crippen molar-refractivity contribution in [1.82, 2.24) is 20.0 Å². The Morgan fingerprint density at radius 3 is 2.86 bits per heavy atom. The molecule has 0 bridgehead atoms. The molecule has 3 N–H and O–H groups in total.